The Morgan fingerprint density at radius 1 is 1.20 bits per heavy atom. The molecule has 7 heteroatoms. The number of aryl methyl sites for hydroxylation is 1. The van der Waals surface area contributed by atoms with Gasteiger partial charge in [-0.1, -0.05) is 30.3 Å². The predicted octanol–water partition coefficient (Wildman–Crippen LogP) is 2.55. The molecule has 0 bridgehead atoms. The summed E-state index contributed by atoms with van der Waals surface area (Å²) in [6, 6.07) is 14.3. The van der Waals surface area contributed by atoms with Gasteiger partial charge < -0.3 is 10.1 Å². The molecule has 0 fully saturated rings. The van der Waals surface area contributed by atoms with Crippen molar-refractivity contribution < 1.29 is 17.9 Å². The molecule has 2 aromatic rings. The maximum Gasteiger partial charge on any atom is 0.340 e. The lowest BCUT2D eigenvalue weighted by atomic mass is 10.1. The Hall–Kier alpha value is -2.38. The first kappa shape index (κ1) is 19.0. The van der Waals surface area contributed by atoms with E-state index in [1.165, 1.54) is 30.9 Å². The van der Waals surface area contributed by atoms with Crippen LogP contribution in [0.15, 0.2) is 53.4 Å². The van der Waals surface area contributed by atoms with Crippen LogP contribution in [0.25, 0.3) is 0 Å². The van der Waals surface area contributed by atoms with Crippen molar-refractivity contribution in [3.8, 4) is 0 Å². The minimum Gasteiger partial charge on any atom is -0.465 e. The minimum absolute atomic E-state index is 0.0731. The number of carbonyl (C=O) groups is 1. The van der Waals surface area contributed by atoms with Gasteiger partial charge in [-0.2, -0.15) is 0 Å². The van der Waals surface area contributed by atoms with Gasteiger partial charge in [0.15, 0.2) is 0 Å². The van der Waals surface area contributed by atoms with Gasteiger partial charge in [0.05, 0.1) is 17.6 Å². The van der Waals surface area contributed by atoms with E-state index in [4.69, 9.17) is 9.88 Å². The van der Waals surface area contributed by atoms with Gasteiger partial charge in [-0.05, 0) is 43.5 Å². The topological polar surface area (TPSA) is 98.5 Å². The molecule has 0 aromatic heterocycles. The number of nitrogens with one attached hydrogen (secondary N) is 1. The fourth-order valence-electron chi connectivity index (χ4n) is 2.47. The van der Waals surface area contributed by atoms with Crippen LogP contribution in [0, 0.1) is 0 Å². The number of hydrogen-bond acceptors (Lipinski definition) is 5. The second-order valence-electron chi connectivity index (χ2n) is 5.81. The Labute approximate surface area is 148 Å². The second-order valence-corrected chi connectivity index (χ2v) is 7.38. The van der Waals surface area contributed by atoms with Crippen LogP contribution < -0.4 is 10.5 Å². The van der Waals surface area contributed by atoms with E-state index in [0.29, 0.717) is 5.69 Å². The highest BCUT2D eigenvalue weighted by Gasteiger charge is 2.18. The number of sulfonamides is 1. The van der Waals surface area contributed by atoms with Crippen molar-refractivity contribution in [1.29, 1.82) is 0 Å². The van der Waals surface area contributed by atoms with Crippen molar-refractivity contribution in [1.82, 2.24) is 0 Å². The number of rotatable bonds is 7. The average Bonchev–Trinajstić information content (AvgIpc) is 2.59. The quantitative estimate of drug-likeness (QED) is 0.738. The monoisotopic (exact) mass is 362 g/mol. The van der Waals surface area contributed by atoms with Crippen molar-refractivity contribution in [3.05, 3.63) is 59.7 Å². The summed E-state index contributed by atoms with van der Waals surface area (Å²) in [5, 5.41) is 8.37. The Bertz CT molecular complexity index is 835. The van der Waals surface area contributed by atoms with Crippen LogP contribution in [-0.2, 0) is 21.2 Å². The number of esters is 1. The van der Waals surface area contributed by atoms with Crippen molar-refractivity contribution in [2.24, 2.45) is 5.14 Å². The van der Waals surface area contributed by atoms with Crippen LogP contribution in [0.1, 0.15) is 29.3 Å². The molecule has 0 amide bonds. The van der Waals surface area contributed by atoms with Crippen LogP contribution in [0.3, 0.4) is 0 Å². The number of methoxy groups -OCH3 is 1. The van der Waals surface area contributed by atoms with Crippen molar-refractivity contribution >= 4 is 21.7 Å². The van der Waals surface area contributed by atoms with Gasteiger partial charge in [0.2, 0.25) is 10.0 Å². The first-order chi connectivity index (χ1) is 11.8. The lowest BCUT2D eigenvalue weighted by molar-refractivity contribution is 0.0601. The van der Waals surface area contributed by atoms with Gasteiger partial charge in [-0.25, -0.2) is 18.4 Å². The fourth-order valence-corrected chi connectivity index (χ4v) is 3.01. The highest BCUT2D eigenvalue weighted by atomic mass is 32.2. The molecule has 0 spiro atoms. The molecule has 3 N–H and O–H groups in total. The van der Waals surface area contributed by atoms with Crippen molar-refractivity contribution in [3.63, 3.8) is 0 Å². The Morgan fingerprint density at radius 2 is 1.88 bits per heavy atom. The molecule has 0 aliphatic carbocycles. The first-order valence-electron chi connectivity index (χ1n) is 7.87. The third kappa shape index (κ3) is 5.30. The highest BCUT2D eigenvalue weighted by molar-refractivity contribution is 7.89. The molecule has 1 atom stereocenters. The van der Waals surface area contributed by atoms with Crippen LogP contribution >= 0.6 is 0 Å². The maximum atomic E-state index is 12.0. The molecular weight excluding hydrogens is 340 g/mol. The molecule has 2 aromatic carbocycles. The van der Waals surface area contributed by atoms with Crippen LogP contribution in [0.2, 0.25) is 0 Å². The van der Waals surface area contributed by atoms with E-state index >= 15 is 0 Å². The number of anilines is 1. The number of hydrogen-bond donors (Lipinski definition) is 2. The van der Waals surface area contributed by atoms with Crippen LogP contribution in [0.4, 0.5) is 5.69 Å². The van der Waals surface area contributed by atoms with Gasteiger partial charge in [-0.3, -0.25) is 0 Å². The Morgan fingerprint density at radius 3 is 2.48 bits per heavy atom. The lowest BCUT2D eigenvalue weighted by Crippen LogP contribution is -2.20. The van der Waals surface area contributed by atoms with Gasteiger partial charge in [0.1, 0.15) is 0 Å². The third-order valence-electron chi connectivity index (χ3n) is 3.84. The van der Waals surface area contributed by atoms with Crippen LogP contribution in [-0.4, -0.2) is 27.5 Å². The first-order valence-corrected chi connectivity index (χ1v) is 9.41. The SMILES string of the molecule is COC(=O)c1cc(S(N)(=O)=O)ccc1NC(C)CCc1ccccc1. The average molecular weight is 362 g/mol. The summed E-state index contributed by atoms with van der Waals surface area (Å²) in [5.41, 5.74) is 1.88. The normalized spacial score (nSPS) is 12.4. The zero-order valence-corrected chi connectivity index (χ0v) is 15.0. The molecule has 0 radical (unpaired) electrons. The molecule has 25 heavy (non-hydrogen) atoms. The lowest BCUT2D eigenvalue weighted by Gasteiger charge is -2.18. The molecule has 134 valence electrons. The van der Waals surface area contributed by atoms with Gasteiger partial charge in [0, 0.05) is 11.7 Å². The van der Waals surface area contributed by atoms with Crippen LogP contribution in [0.5, 0.6) is 0 Å². The zero-order chi connectivity index (χ0) is 18.4. The van der Waals surface area contributed by atoms with Crippen molar-refractivity contribution in [2.75, 3.05) is 12.4 Å². The van der Waals surface area contributed by atoms with Gasteiger partial charge in [-0.15, -0.1) is 0 Å². The molecule has 0 heterocycles. The zero-order valence-electron chi connectivity index (χ0n) is 14.2. The van der Waals surface area contributed by atoms with E-state index in [0.717, 1.165) is 12.8 Å². The Kier molecular flexibility index (Phi) is 6.17. The number of ether oxygens (including phenoxy) is 1. The number of carbonyl (C=O) groups excluding carboxylic acids is 1. The summed E-state index contributed by atoms with van der Waals surface area (Å²) in [6.45, 7) is 2.00. The summed E-state index contributed by atoms with van der Waals surface area (Å²) in [5.74, 6) is -0.622. The summed E-state index contributed by atoms with van der Waals surface area (Å²) in [7, 11) is -2.65. The van der Waals surface area contributed by atoms with E-state index in [1.54, 1.807) is 0 Å². The van der Waals surface area contributed by atoms with E-state index in [-0.39, 0.29) is 16.5 Å². The second kappa shape index (κ2) is 8.13. The summed E-state index contributed by atoms with van der Waals surface area (Å²) < 4.78 is 27.7. The molecule has 2 rings (SSSR count). The largest absolute Gasteiger partial charge is 0.465 e. The Balaban J connectivity index is 2.15. The third-order valence-corrected chi connectivity index (χ3v) is 4.75. The van der Waals surface area contributed by atoms with E-state index in [1.807, 2.05) is 25.1 Å². The molecule has 0 saturated carbocycles. The minimum atomic E-state index is -3.89. The number of nitrogens with two attached hydrogens (primary N) is 1. The fraction of sp³-hybridized carbons (Fsp3) is 0.278. The summed E-state index contributed by atoms with van der Waals surface area (Å²) >= 11 is 0. The smallest absolute Gasteiger partial charge is 0.340 e. The molecular formula is C18H22N2O4S. The van der Waals surface area contributed by atoms with Gasteiger partial charge >= 0.3 is 5.97 Å². The maximum absolute atomic E-state index is 12.0. The van der Waals surface area contributed by atoms with E-state index < -0.39 is 16.0 Å². The predicted molar refractivity (Wildman–Crippen MR) is 97.0 cm³/mol. The molecule has 0 aliphatic rings. The van der Waals surface area contributed by atoms with E-state index in [2.05, 4.69) is 17.4 Å². The van der Waals surface area contributed by atoms with Gasteiger partial charge in [0.25, 0.3) is 0 Å². The van der Waals surface area contributed by atoms with Crippen molar-refractivity contribution in [2.45, 2.75) is 30.7 Å². The highest BCUT2D eigenvalue weighted by Crippen LogP contribution is 2.22. The molecule has 0 aliphatic heterocycles. The summed E-state index contributed by atoms with van der Waals surface area (Å²) in [4.78, 5) is 11.8. The molecule has 6 nitrogen and oxygen atoms in total. The van der Waals surface area contributed by atoms with E-state index in [9.17, 15) is 13.2 Å². The molecule has 1 unspecified atom stereocenters. The molecule has 0 saturated heterocycles. The number of primary sulfonamides is 1. The standard InChI is InChI=1S/C18H22N2O4S/c1-13(8-9-14-6-4-3-5-7-14)20-17-11-10-15(25(19,22)23)12-16(17)18(21)24-2/h3-7,10-13,20H,8-9H2,1-2H3,(H2,19,22,23). The summed E-state index contributed by atoms with van der Waals surface area (Å²) in [6.07, 6.45) is 1.74. The number of benzene rings is 2.